The van der Waals surface area contributed by atoms with E-state index in [1.165, 1.54) is 5.01 Å². The van der Waals surface area contributed by atoms with Gasteiger partial charge in [0.2, 0.25) is 5.91 Å². The van der Waals surface area contributed by atoms with Gasteiger partial charge in [-0.15, -0.1) is 0 Å². The van der Waals surface area contributed by atoms with Crippen molar-refractivity contribution in [2.24, 2.45) is 17.2 Å². The monoisotopic (exact) mass is 283 g/mol. The Hall–Kier alpha value is -1.36. The minimum atomic E-state index is -0.376. The Morgan fingerprint density at radius 2 is 1.85 bits per heavy atom. The van der Waals surface area contributed by atoms with Gasteiger partial charge in [-0.2, -0.15) is 0 Å². The molecule has 0 heterocycles. The van der Waals surface area contributed by atoms with Gasteiger partial charge in [0.15, 0.2) is 0 Å². The number of amides is 1. The summed E-state index contributed by atoms with van der Waals surface area (Å²) in [6.45, 7) is 11.5. The molecule has 0 aromatic carbocycles. The van der Waals surface area contributed by atoms with E-state index in [0.29, 0.717) is 0 Å². The molecule has 0 saturated heterocycles. The number of Topliss-reactive ketones (excluding diaryl/α,β-unsaturated/α-hetero) is 1. The van der Waals surface area contributed by atoms with Gasteiger partial charge in [0.25, 0.3) is 0 Å². The predicted octanol–water partition coefficient (Wildman–Crippen LogP) is 1.84. The van der Waals surface area contributed by atoms with Crippen molar-refractivity contribution in [2.45, 2.75) is 54.0 Å². The number of hydrogen-bond donors (Lipinski definition) is 2. The summed E-state index contributed by atoms with van der Waals surface area (Å²) in [6.07, 6.45) is 4.10. The van der Waals surface area contributed by atoms with Crippen LogP contribution in [0.25, 0.3) is 0 Å². The summed E-state index contributed by atoms with van der Waals surface area (Å²) in [6, 6.07) is 0.0886. The highest BCUT2D eigenvalue weighted by atomic mass is 16.2. The number of nitrogens with one attached hydrogen (secondary N) is 1. The molecule has 0 fully saturated rings. The number of nitrogens with zero attached hydrogens (tertiary/aromatic N) is 1. The molecule has 0 bridgehead atoms. The average Bonchev–Trinajstić information content (AvgIpc) is 2.26. The molecule has 1 unspecified atom stereocenters. The number of nitrogens with two attached hydrogens (primary N) is 1. The Kier molecular flexibility index (Phi) is 7.50. The lowest BCUT2D eigenvalue weighted by molar-refractivity contribution is -0.129. The van der Waals surface area contributed by atoms with E-state index in [4.69, 9.17) is 5.84 Å². The van der Waals surface area contributed by atoms with E-state index >= 15 is 0 Å². The summed E-state index contributed by atoms with van der Waals surface area (Å²) in [5, 5.41) is 4.06. The van der Waals surface area contributed by atoms with E-state index < -0.39 is 0 Å². The first kappa shape index (κ1) is 18.6. The van der Waals surface area contributed by atoms with Gasteiger partial charge >= 0.3 is 0 Å². The smallest absolute Gasteiger partial charge is 0.241 e. The molecule has 0 aliphatic heterocycles. The molecular formula is C15H29N3O2. The first-order valence-electron chi connectivity index (χ1n) is 7.11. The second-order valence-electron chi connectivity index (χ2n) is 6.37. The van der Waals surface area contributed by atoms with E-state index in [1.807, 2.05) is 41.5 Å². The molecule has 0 radical (unpaired) electrons. The number of ketones is 1. The molecule has 116 valence electrons. The Balaban J connectivity index is 4.51. The maximum Gasteiger partial charge on any atom is 0.241 e. The van der Waals surface area contributed by atoms with Crippen molar-refractivity contribution in [2.75, 3.05) is 6.54 Å². The van der Waals surface area contributed by atoms with Gasteiger partial charge in [0.05, 0.1) is 0 Å². The maximum atomic E-state index is 12.2. The molecule has 0 aliphatic carbocycles. The van der Waals surface area contributed by atoms with Gasteiger partial charge in [-0.3, -0.25) is 9.59 Å². The first-order valence-corrected chi connectivity index (χ1v) is 7.11. The minimum Gasteiger partial charge on any atom is -0.352 e. The molecule has 0 aromatic heterocycles. The predicted molar refractivity (Wildman–Crippen MR) is 81.6 cm³/mol. The summed E-state index contributed by atoms with van der Waals surface area (Å²) in [7, 11) is 0. The van der Waals surface area contributed by atoms with Crippen molar-refractivity contribution in [3.8, 4) is 0 Å². The summed E-state index contributed by atoms with van der Waals surface area (Å²) >= 11 is 0. The van der Waals surface area contributed by atoms with Gasteiger partial charge in [0.1, 0.15) is 12.3 Å². The zero-order chi connectivity index (χ0) is 15.9. The Labute approximate surface area is 122 Å². The molecule has 0 aliphatic rings. The highest BCUT2D eigenvalue weighted by molar-refractivity contribution is 5.87. The Morgan fingerprint density at radius 3 is 2.25 bits per heavy atom. The van der Waals surface area contributed by atoms with Crippen LogP contribution in [0.5, 0.6) is 0 Å². The van der Waals surface area contributed by atoms with Crippen molar-refractivity contribution in [1.29, 1.82) is 0 Å². The van der Waals surface area contributed by atoms with E-state index in [2.05, 4.69) is 5.32 Å². The van der Waals surface area contributed by atoms with E-state index in [-0.39, 0.29) is 35.6 Å². The van der Waals surface area contributed by atoms with E-state index in [9.17, 15) is 9.59 Å². The average molecular weight is 283 g/mol. The maximum absolute atomic E-state index is 12.2. The lowest BCUT2D eigenvalue weighted by Gasteiger charge is -2.22. The minimum absolute atomic E-state index is 0.0782. The quantitative estimate of drug-likeness (QED) is 0.552. The normalized spacial score (nSPS) is 13.6. The summed E-state index contributed by atoms with van der Waals surface area (Å²) in [5.74, 6) is 5.61. The number of hydrazine groups is 1. The molecule has 1 amide bonds. The van der Waals surface area contributed by atoms with Crippen LogP contribution >= 0.6 is 0 Å². The Bertz CT molecular complexity index is 357. The van der Waals surface area contributed by atoms with Crippen LogP contribution in [-0.2, 0) is 9.59 Å². The van der Waals surface area contributed by atoms with Crippen LogP contribution in [0.4, 0.5) is 0 Å². The van der Waals surface area contributed by atoms with Crippen LogP contribution in [0.3, 0.4) is 0 Å². The fourth-order valence-electron chi connectivity index (χ4n) is 1.77. The van der Waals surface area contributed by atoms with Crippen LogP contribution in [0.1, 0.15) is 48.0 Å². The van der Waals surface area contributed by atoms with E-state index in [1.54, 1.807) is 12.3 Å². The second kappa shape index (κ2) is 8.04. The standard InChI is InChI=1S/C15H29N3O2/c1-7-12(14(20)15(4,5)6)8-9-18(16)10-13(19)17-11(2)3/h8-9,11-12H,7,10,16H2,1-6H3,(H,17,19)/b9-8-. The molecule has 0 aromatic rings. The topological polar surface area (TPSA) is 75.4 Å². The largest absolute Gasteiger partial charge is 0.352 e. The number of hydrogen-bond acceptors (Lipinski definition) is 4. The van der Waals surface area contributed by atoms with Gasteiger partial charge in [-0.1, -0.05) is 33.8 Å². The fourth-order valence-corrected chi connectivity index (χ4v) is 1.77. The van der Waals surface area contributed by atoms with Crippen LogP contribution in [0.15, 0.2) is 12.3 Å². The first-order chi connectivity index (χ1) is 9.07. The van der Waals surface area contributed by atoms with Crippen molar-refractivity contribution in [3.63, 3.8) is 0 Å². The molecule has 1 atom stereocenters. The van der Waals surface area contributed by atoms with Crippen LogP contribution in [-0.4, -0.2) is 29.3 Å². The third-order valence-electron chi connectivity index (χ3n) is 2.80. The van der Waals surface area contributed by atoms with Crippen molar-refractivity contribution in [3.05, 3.63) is 12.3 Å². The zero-order valence-corrected chi connectivity index (χ0v) is 13.6. The molecule has 5 nitrogen and oxygen atoms in total. The van der Waals surface area contributed by atoms with Crippen molar-refractivity contribution >= 4 is 11.7 Å². The highest BCUT2D eigenvalue weighted by Gasteiger charge is 2.26. The third kappa shape index (κ3) is 7.28. The van der Waals surface area contributed by atoms with Crippen LogP contribution < -0.4 is 11.2 Å². The lowest BCUT2D eigenvalue weighted by atomic mass is 9.82. The number of carbonyl (C=O) groups is 2. The molecule has 5 heteroatoms. The van der Waals surface area contributed by atoms with Crippen molar-refractivity contribution in [1.82, 2.24) is 10.3 Å². The highest BCUT2D eigenvalue weighted by Crippen LogP contribution is 2.23. The summed E-state index contributed by atoms with van der Waals surface area (Å²) in [4.78, 5) is 23.7. The number of carbonyl (C=O) groups excluding carboxylic acids is 2. The SMILES string of the molecule is CCC(/C=C\N(N)CC(=O)NC(C)C)C(=O)C(C)(C)C. The van der Waals surface area contributed by atoms with Gasteiger partial charge in [-0.25, -0.2) is 5.84 Å². The number of rotatable bonds is 7. The molecule has 0 spiro atoms. The molecule has 20 heavy (non-hydrogen) atoms. The molecule has 0 saturated carbocycles. The second-order valence-corrected chi connectivity index (χ2v) is 6.37. The Morgan fingerprint density at radius 1 is 1.30 bits per heavy atom. The van der Waals surface area contributed by atoms with E-state index in [0.717, 1.165) is 6.42 Å². The molecule has 0 rings (SSSR count). The van der Waals surface area contributed by atoms with Crippen LogP contribution in [0.2, 0.25) is 0 Å². The zero-order valence-electron chi connectivity index (χ0n) is 13.6. The van der Waals surface area contributed by atoms with Gasteiger partial charge in [-0.05, 0) is 20.3 Å². The number of allylic oxidation sites excluding steroid dienone is 1. The third-order valence-corrected chi connectivity index (χ3v) is 2.80. The van der Waals surface area contributed by atoms with Gasteiger partial charge < -0.3 is 10.3 Å². The summed E-state index contributed by atoms with van der Waals surface area (Å²) < 4.78 is 0. The summed E-state index contributed by atoms with van der Waals surface area (Å²) in [5.41, 5.74) is -0.376. The molecule has 3 N–H and O–H groups in total. The van der Waals surface area contributed by atoms with Crippen molar-refractivity contribution < 1.29 is 9.59 Å². The van der Waals surface area contributed by atoms with Gasteiger partial charge in [0, 0.05) is 23.6 Å². The van der Waals surface area contributed by atoms with Crippen LogP contribution in [0, 0.1) is 11.3 Å². The molecular weight excluding hydrogens is 254 g/mol. The fraction of sp³-hybridized carbons (Fsp3) is 0.733. The lowest BCUT2D eigenvalue weighted by Crippen LogP contribution is -2.40.